The summed E-state index contributed by atoms with van der Waals surface area (Å²) in [5.74, 6) is 0. The van der Waals surface area contributed by atoms with Gasteiger partial charge in [0.2, 0.25) is 0 Å². The van der Waals surface area contributed by atoms with E-state index in [2.05, 4.69) is 37.0 Å². The van der Waals surface area contributed by atoms with Crippen LogP contribution in [0.25, 0.3) is 10.9 Å². The van der Waals surface area contributed by atoms with E-state index in [0.717, 1.165) is 19.4 Å². The first-order valence-corrected chi connectivity index (χ1v) is 6.66. The molecule has 0 radical (unpaired) electrons. The number of ether oxygens (including phenoxy) is 1. The van der Waals surface area contributed by atoms with Crippen LogP contribution in [0.5, 0.6) is 0 Å². The predicted molar refractivity (Wildman–Crippen MR) is 73.7 cm³/mol. The van der Waals surface area contributed by atoms with Gasteiger partial charge in [0.15, 0.2) is 0 Å². The maximum Gasteiger partial charge on any atom is 0.117 e. The third-order valence-corrected chi connectivity index (χ3v) is 4.10. The monoisotopic (exact) mass is 244 g/mol. The number of H-pyrrole nitrogens is 1. The van der Waals surface area contributed by atoms with E-state index in [1.165, 1.54) is 27.7 Å². The topological polar surface area (TPSA) is 51.0 Å². The SMILES string of the molecule is CCc1cccc2c3c([nH]c12)C(C)(CN)OCC3. The van der Waals surface area contributed by atoms with Crippen LogP contribution in [0.4, 0.5) is 0 Å². The number of nitrogens with two attached hydrogens (primary N) is 1. The zero-order valence-corrected chi connectivity index (χ0v) is 11.0. The molecule has 3 nitrogen and oxygen atoms in total. The smallest absolute Gasteiger partial charge is 0.117 e. The lowest BCUT2D eigenvalue weighted by molar-refractivity contribution is -0.0414. The molecule has 3 N–H and O–H groups in total. The van der Waals surface area contributed by atoms with Gasteiger partial charge in [-0.1, -0.05) is 25.1 Å². The fourth-order valence-electron chi connectivity index (χ4n) is 2.95. The number of hydrogen-bond donors (Lipinski definition) is 2. The Balaban J connectivity index is 2.30. The second-order valence-corrected chi connectivity index (χ2v) is 5.21. The number of aromatic amines is 1. The fourth-order valence-corrected chi connectivity index (χ4v) is 2.95. The van der Waals surface area contributed by atoms with Crippen LogP contribution >= 0.6 is 0 Å². The van der Waals surface area contributed by atoms with E-state index in [-0.39, 0.29) is 5.60 Å². The van der Waals surface area contributed by atoms with Crippen LogP contribution in [0.2, 0.25) is 0 Å². The normalized spacial score (nSPS) is 23.3. The first-order valence-electron chi connectivity index (χ1n) is 6.66. The number of fused-ring (bicyclic) bond motifs is 3. The molecule has 1 aromatic heterocycles. The van der Waals surface area contributed by atoms with Gasteiger partial charge in [0.1, 0.15) is 5.60 Å². The molecule has 3 heteroatoms. The summed E-state index contributed by atoms with van der Waals surface area (Å²) in [5, 5.41) is 1.34. The highest BCUT2D eigenvalue weighted by Crippen LogP contribution is 2.37. The van der Waals surface area contributed by atoms with E-state index in [1.54, 1.807) is 0 Å². The Hall–Kier alpha value is -1.32. The maximum absolute atomic E-state index is 5.90. The average molecular weight is 244 g/mol. The second kappa shape index (κ2) is 4.11. The van der Waals surface area contributed by atoms with Crippen LogP contribution in [0, 0.1) is 0 Å². The zero-order chi connectivity index (χ0) is 12.8. The van der Waals surface area contributed by atoms with Gasteiger partial charge in [-0.15, -0.1) is 0 Å². The molecule has 3 rings (SSSR count). The Kier molecular flexibility index (Phi) is 2.68. The van der Waals surface area contributed by atoms with E-state index < -0.39 is 0 Å². The number of hydrogen-bond acceptors (Lipinski definition) is 2. The lowest BCUT2D eigenvalue weighted by Gasteiger charge is -2.32. The lowest BCUT2D eigenvalue weighted by atomic mass is 9.93. The minimum absolute atomic E-state index is 0.363. The van der Waals surface area contributed by atoms with Crippen molar-refractivity contribution in [1.82, 2.24) is 4.98 Å². The molecule has 1 aliphatic heterocycles. The van der Waals surface area contributed by atoms with Gasteiger partial charge < -0.3 is 15.5 Å². The second-order valence-electron chi connectivity index (χ2n) is 5.21. The molecule has 2 aromatic rings. The van der Waals surface area contributed by atoms with Crippen molar-refractivity contribution in [3.05, 3.63) is 35.0 Å². The van der Waals surface area contributed by atoms with Gasteiger partial charge in [-0.05, 0) is 30.9 Å². The van der Waals surface area contributed by atoms with Crippen molar-refractivity contribution in [3.63, 3.8) is 0 Å². The van der Waals surface area contributed by atoms with Gasteiger partial charge in [0.05, 0.1) is 12.3 Å². The number of benzene rings is 1. The Morgan fingerprint density at radius 1 is 1.44 bits per heavy atom. The minimum Gasteiger partial charge on any atom is -0.367 e. The number of aryl methyl sites for hydroxylation is 1. The maximum atomic E-state index is 5.90. The third-order valence-electron chi connectivity index (χ3n) is 4.10. The molecule has 0 spiro atoms. The molecular formula is C15H20N2O. The quantitative estimate of drug-likeness (QED) is 0.852. The van der Waals surface area contributed by atoms with Crippen LogP contribution in [0.1, 0.15) is 30.7 Å². The molecule has 18 heavy (non-hydrogen) atoms. The molecule has 0 bridgehead atoms. The van der Waals surface area contributed by atoms with Crippen LogP contribution < -0.4 is 5.73 Å². The molecule has 96 valence electrons. The number of aromatic nitrogens is 1. The van der Waals surface area contributed by atoms with Crippen LogP contribution in [0.15, 0.2) is 18.2 Å². The number of para-hydroxylation sites is 1. The Labute approximate surface area is 107 Å². The van der Waals surface area contributed by atoms with Gasteiger partial charge in [-0.2, -0.15) is 0 Å². The Morgan fingerprint density at radius 3 is 3.00 bits per heavy atom. The van der Waals surface area contributed by atoms with E-state index in [9.17, 15) is 0 Å². The van der Waals surface area contributed by atoms with E-state index in [4.69, 9.17) is 10.5 Å². The first-order chi connectivity index (χ1) is 8.69. The van der Waals surface area contributed by atoms with Gasteiger partial charge in [-0.25, -0.2) is 0 Å². The molecule has 1 unspecified atom stereocenters. The van der Waals surface area contributed by atoms with E-state index >= 15 is 0 Å². The van der Waals surface area contributed by atoms with Gasteiger partial charge >= 0.3 is 0 Å². The highest BCUT2D eigenvalue weighted by atomic mass is 16.5. The van der Waals surface area contributed by atoms with Crippen molar-refractivity contribution < 1.29 is 4.74 Å². The van der Waals surface area contributed by atoms with Crippen LogP contribution in [-0.2, 0) is 23.2 Å². The van der Waals surface area contributed by atoms with Gasteiger partial charge in [0.25, 0.3) is 0 Å². The summed E-state index contributed by atoms with van der Waals surface area (Å²) in [4.78, 5) is 3.57. The van der Waals surface area contributed by atoms with Gasteiger partial charge in [0, 0.05) is 17.4 Å². The predicted octanol–water partition coefficient (Wildman–Crippen LogP) is 2.48. The summed E-state index contributed by atoms with van der Waals surface area (Å²) in [7, 11) is 0. The van der Waals surface area contributed by atoms with Crippen molar-refractivity contribution in [2.24, 2.45) is 5.73 Å². The molecule has 0 saturated heterocycles. The highest BCUT2D eigenvalue weighted by molar-refractivity contribution is 5.88. The van der Waals surface area contributed by atoms with Crippen molar-refractivity contribution in [1.29, 1.82) is 0 Å². The molecule has 0 fully saturated rings. The molecule has 0 aliphatic carbocycles. The van der Waals surface area contributed by atoms with Crippen molar-refractivity contribution >= 4 is 10.9 Å². The summed E-state index contributed by atoms with van der Waals surface area (Å²) < 4.78 is 5.89. The standard InChI is InChI=1S/C15H20N2O/c1-3-10-5-4-6-11-12-7-8-18-15(2,9-16)14(12)17-13(10)11/h4-6,17H,3,7-9,16H2,1-2H3. The van der Waals surface area contributed by atoms with Gasteiger partial charge in [-0.3, -0.25) is 0 Å². The van der Waals surface area contributed by atoms with Crippen molar-refractivity contribution in [3.8, 4) is 0 Å². The summed E-state index contributed by atoms with van der Waals surface area (Å²) in [6.07, 6.45) is 2.01. The zero-order valence-electron chi connectivity index (χ0n) is 11.0. The first kappa shape index (κ1) is 11.8. The van der Waals surface area contributed by atoms with E-state index in [0.29, 0.717) is 6.54 Å². The molecule has 2 heterocycles. The van der Waals surface area contributed by atoms with Crippen LogP contribution in [0.3, 0.4) is 0 Å². The van der Waals surface area contributed by atoms with Crippen LogP contribution in [-0.4, -0.2) is 18.1 Å². The van der Waals surface area contributed by atoms with E-state index in [1.807, 2.05) is 0 Å². The summed E-state index contributed by atoms with van der Waals surface area (Å²) in [6, 6.07) is 6.53. The largest absolute Gasteiger partial charge is 0.367 e. The number of nitrogens with one attached hydrogen (secondary N) is 1. The third kappa shape index (κ3) is 1.51. The highest BCUT2D eigenvalue weighted by Gasteiger charge is 2.34. The Morgan fingerprint density at radius 2 is 2.28 bits per heavy atom. The molecule has 0 saturated carbocycles. The molecule has 0 amide bonds. The molecule has 1 atom stereocenters. The molecule has 1 aromatic carbocycles. The lowest BCUT2D eigenvalue weighted by Crippen LogP contribution is -2.39. The average Bonchev–Trinajstić information content (AvgIpc) is 2.79. The number of rotatable bonds is 2. The summed E-state index contributed by atoms with van der Waals surface area (Å²) in [5.41, 5.74) is 10.7. The van der Waals surface area contributed by atoms with Crippen molar-refractivity contribution in [2.45, 2.75) is 32.3 Å². The minimum atomic E-state index is -0.363. The fraction of sp³-hybridized carbons (Fsp3) is 0.467. The molecular weight excluding hydrogens is 224 g/mol. The van der Waals surface area contributed by atoms with Crippen molar-refractivity contribution in [2.75, 3.05) is 13.2 Å². The summed E-state index contributed by atoms with van der Waals surface area (Å²) >= 11 is 0. The summed E-state index contributed by atoms with van der Waals surface area (Å²) in [6.45, 7) is 5.53. The molecule has 1 aliphatic rings. The Bertz CT molecular complexity index is 587.